The molecular formula is C11H11N3O3S. The lowest BCUT2D eigenvalue weighted by molar-refractivity contribution is 0.0687. The van der Waals surface area contributed by atoms with Crippen molar-refractivity contribution in [2.24, 2.45) is 0 Å². The third-order valence-corrected chi connectivity index (χ3v) is 3.34. The number of aromatic nitrogens is 3. The Morgan fingerprint density at radius 3 is 2.89 bits per heavy atom. The first-order chi connectivity index (χ1) is 8.60. The van der Waals surface area contributed by atoms with Gasteiger partial charge in [0.2, 0.25) is 0 Å². The molecule has 18 heavy (non-hydrogen) atoms. The summed E-state index contributed by atoms with van der Waals surface area (Å²) in [5.41, 5.74) is 0.223. The zero-order valence-electron chi connectivity index (χ0n) is 9.66. The van der Waals surface area contributed by atoms with Crippen molar-refractivity contribution in [1.29, 1.82) is 0 Å². The van der Waals surface area contributed by atoms with Crippen molar-refractivity contribution in [1.82, 2.24) is 14.8 Å². The summed E-state index contributed by atoms with van der Waals surface area (Å²) in [5.74, 6) is -1.16. The van der Waals surface area contributed by atoms with Gasteiger partial charge in [0, 0.05) is 11.4 Å². The number of thiazole rings is 1. The number of aryl methyl sites for hydroxylation is 1. The molecule has 0 spiro atoms. The normalized spacial score (nSPS) is 10.5. The first kappa shape index (κ1) is 12.4. The Balaban J connectivity index is 2.30. The van der Waals surface area contributed by atoms with Crippen LogP contribution in [0, 0.1) is 0 Å². The second-order valence-electron chi connectivity index (χ2n) is 3.61. The van der Waals surface area contributed by atoms with E-state index in [1.165, 1.54) is 23.5 Å². The fourth-order valence-electron chi connectivity index (χ4n) is 1.41. The Morgan fingerprint density at radius 1 is 1.50 bits per heavy atom. The highest BCUT2D eigenvalue weighted by molar-refractivity contribution is 7.09. The maximum atomic E-state index is 11.6. The van der Waals surface area contributed by atoms with E-state index in [-0.39, 0.29) is 17.8 Å². The molecule has 0 fully saturated rings. The van der Waals surface area contributed by atoms with Crippen LogP contribution in [0.15, 0.2) is 22.3 Å². The van der Waals surface area contributed by atoms with Gasteiger partial charge >= 0.3 is 5.97 Å². The predicted molar refractivity (Wildman–Crippen MR) is 66.1 cm³/mol. The molecule has 0 bridgehead atoms. The van der Waals surface area contributed by atoms with Crippen LogP contribution in [0.25, 0.3) is 0 Å². The van der Waals surface area contributed by atoms with E-state index in [1.54, 1.807) is 0 Å². The standard InChI is InChI=1S/C11H11N3O3S/c1-2-9-12-7(6-18-9)5-14-10(15)4-3-8(13-14)11(16)17/h3-4,6H,2,5H2,1H3,(H,16,17). The fraction of sp³-hybridized carbons (Fsp3) is 0.273. The Labute approximate surface area is 107 Å². The molecule has 0 aromatic carbocycles. The summed E-state index contributed by atoms with van der Waals surface area (Å²) in [4.78, 5) is 26.6. The molecule has 0 aliphatic rings. The first-order valence-corrected chi connectivity index (χ1v) is 6.23. The Morgan fingerprint density at radius 2 is 2.28 bits per heavy atom. The van der Waals surface area contributed by atoms with Crippen LogP contribution in [0.2, 0.25) is 0 Å². The van der Waals surface area contributed by atoms with Crippen molar-refractivity contribution in [2.75, 3.05) is 0 Å². The van der Waals surface area contributed by atoms with E-state index in [1.807, 2.05) is 12.3 Å². The smallest absolute Gasteiger partial charge is 0.356 e. The van der Waals surface area contributed by atoms with E-state index in [9.17, 15) is 9.59 Å². The molecule has 6 nitrogen and oxygen atoms in total. The Kier molecular flexibility index (Phi) is 3.52. The second kappa shape index (κ2) is 5.09. The summed E-state index contributed by atoms with van der Waals surface area (Å²) in [6.07, 6.45) is 0.835. The van der Waals surface area contributed by atoms with Gasteiger partial charge in [0.15, 0.2) is 5.69 Å². The molecule has 1 N–H and O–H groups in total. The monoisotopic (exact) mass is 265 g/mol. The van der Waals surface area contributed by atoms with Gasteiger partial charge < -0.3 is 5.11 Å². The molecule has 2 rings (SSSR count). The lowest BCUT2D eigenvalue weighted by Crippen LogP contribution is -2.25. The maximum Gasteiger partial charge on any atom is 0.356 e. The van der Waals surface area contributed by atoms with E-state index in [0.29, 0.717) is 5.69 Å². The fourth-order valence-corrected chi connectivity index (χ4v) is 2.15. The number of carboxylic acid groups (broad SMARTS) is 1. The van der Waals surface area contributed by atoms with Gasteiger partial charge in [-0.3, -0.25) is 4.79 Å². The van der Waals surface area contributed by atoms with Gasteiger partial charge in [-0.2, -0.15) is 5.10 Å². The SMILES string of the molecule is CCc1nc(Cn2nc(C(=O)O)ccc2=O)cs1. The number of carboxylic acids is 1. The van der Waals surface area contributed by atoms with Crippen LogP contribution in [0.4, 0.5) is 0 Å². The summed E-state index contributed by atoms with van der Waals surface area (Å²) in [6, 6.07) is 2.39. The van der Waals surface area contributed by atoms with Crippen LogP contribution in [0.1, 0.15) is 28.1 Å². The van der Waals surface area contributed by atoms with Crippen LogP contribution >= 0.6 is 11.3 Å². The summed E-state index contributed by atoms with van der Waals surface area (Å²) in [5, 5.41) is 15.4. The number of hydrogen-bond acceptors (Lipinski definition) is 5. The summed E-state index contributed by atoms with van der Waals surface area (Å²) < 4.78 is 1.11. The molecule has 0 saturated carbocycles. The molecule has 0 atom stereocenters. The molecule has 0 saturated heterocycles. The molecule has 0 unspecified atom stereocenters. The van der Waals surface area contributed by atoms with Crippen LogP contribution < -0.4 is 5.56 Å². The number of nitrogens with zero attached hydrogens (tertiary/aromatic N) is 3. The second-order valence-corrected chi connectivity index (χ2v) is 4.55. The quantitative estimate of drug-likeness (QED) is 0.891. The van der Waals surface area contributed by atoms with Gasteiger partial charge in [0.05, 0.1) is 17.2 Å². The summed E-state index contributed by atoms with van der Waals surface area (Å²) in [6.45, 7) is 2.19. The minimum absolute atomic E-state index is 0.152. The van der Waals surface area contributed by atoms with E-state index >= 15 is 0 Å². The van der Waals surface area contributed by atoms with Crippen molar-refractivity contribution in [2.45, 2.75) is 19.9 Å². The maximum absolute atomic E-state index is 11.6. The molecule has 94 valence electrons. The van der Waals surface area contributed by atoms with Gasteiger partial charge in [0.1, 0.15) is 0 Å². The van der Waals surface area contributed by atoms with Gasteiger partial charge in [-0.15, -0.1) is 11.3 Å². The minimum atomic E-state index is -1.16. The van der Waals surface area contributed by atoms with Gasteiger partial charge in [-0.05, 0) is 12.5 Å². The summed E-state index contributed by atoms with van der Waals surface area (Å²) in [7, 11) is 0. The molecule has 2 heterocycles. The lowest BCUT2D eigenvalue weighted by atomic mass is 10.4. The van der Waals surface area contributed by atoms with Crippen LogP contribution in [0.3, 0.4) is 0 Å². The molecular weight excluding hydrogens is 254 g/mol. The lowest BCUT2D eigenvalue weighted by Gasteiger charge is -2.02. The largest absolute Gasteiger partial charge is 0.476 e. The zero-order chi connectivity index (χ0) is 13.1. The van der Waals surface area contributed by atoms with E-state index in [0.717, 1.165) is 16.1 Å². The number of carbonyl (C=O) groups is 1. The van der Waals surface area contributed by atoms with Gasteiger partial charge in [-0.25, -0.2) is 14.5 Å². The average Bonchev–Trinajstić information content (AvgIpc) is 2.79. The highest BCUT2D eigenvalue weighted by Crippen LogP contribution is 2.10. The van der Waals surface area contributed by atoms with Crippen molar-refractivity contribution in [3.8, 4) is 0 Å². The number of aromatic carboxylic acids is 1. The van der Waals surface area contributed by atoms with Crippen molar-refractivity contribution in [3.05, 3.63) is 44.3 Å². The van der Waals surface area contributed by atoms with Gasteiger partial charge in [0.25, 0.3) is 5.56 Å². The topological polar surface area (TPSA) is 85.1 Å². The Bertz CT molecular complexity index is 632. The van der Waals surface area contributed by atoms with Gasteiger partial charge in [-0.1, -0.05) is 6.92 Å². The molecule has 0 aliphatic carbocycles. The first-order valence-electron chi connectivity index (χ1n) is 5.35. The van der Waals surface area contributed by atoms with E-state index in [2.05, 4.69) is 10.1 Å². The Hall–Kier alpha value is -2.02. The third kappa shape index (κ3) is 2.62. The highest BCUT2D eigenvalue weighted by atomic mass is 32.1. The van der Waals surface area contributed by atoms with E-state index in [4.69, 9.17) is 5.11 Å². The molecule has 0 radical (unpaired) electrons. The highest BCUT2D eigenvalue weighted by Gasteiger charge is 2.09. The van der Waals surface area contributed by atoms with Crippen LogP contribution in [0.5, 0.6) is 0 Å². The molecule has 2 aromatic rings. The molecule has 2 aromatic heterocycles. The van der Waals surface area contributed by atoms with Crippen molar-refractivity contribution >= 4 is 17.3 Å². The van der Waals surface area contributed by atoms with Crippen molar-refractivity contribution in [3.63, 3.8) is 0 Å². The summed E-state index contributed by atoms with van der Waals surface area (Å²) >= 11 is 1.51. The number of hydrogen-bond donors (Lipinski definition) is 1. The zero-order valence-corrected chi connectivity index (χ0v) is 10.5. The van der Waals surface area contributed by atoms with Crippen molar-refractivity contribution < 1.29 is 9.90 Å². The minimum Gasteiger partial charge on any atom is -0.476 e. The molecule has 0 amide bonds. The average molecular weight is 265 g/mol. The third-order valence-electron chi connectivity index (χ3n) is 2.30. The predicted octanol–water partition coefficient (Wildman–Crippen LogP) is 1.01. The molecule has 7 heteroatoms. The number of rotatable bonds is 4. The molecule has 0 aliphatic heterocycles. The van der Waals surface area contributed by atoms with Crippen LogP contribution in [-0.4, -0.2) is 25.8 Å². The van der Waals surface area contributed by atoms with E-state index < -0.39 is 5.97 Å². The van der Waals surface area contributed by atoms with Crippen LogP contribution in [-0.2, 0) is 13.0 Å².